The van der Waals surface area contributed by atoms with Crippen LogP contribution in [0.4, 0.5) is 17.1 Å². The Balaban J connectivity index is 0.000000480. The van der Waals surface area contributed by atoms with Gasteiger partial charge in [-0.15, -0.1) is 23.5 Å². The summed E-state index contributed by atoms with van der Waals surface area (Å²) in [5.41, 5.74) is 5.06. The Labute approximate surface area is 500 Å². The van der Waals surface area contributed by atoms with Crippen molar-refractivity contribution in [2.24, 2.45) is 0 Å². The largest absolute Gasteiger partial charge is 0.507 e. The summed E-state index contributed by atoms with van der Waals surface area (Å²) in [5, 5.41) is 45.0. The molecule has 0 amide bonds. The van der Waals surface area contributed by atoms with E-state index in [1.165, 1.54) is 31.0 Å². The summed E-state index contributed by atoms with van der Waals surface area (Å²) < 4.78 is 0. The van der Waals surface area contributed by atoms with Gasteiger partial charge in [0.05, 0.1) is 66.5 Å². The van der Waals surface area contributed by atoms with E-state index < -0.39 is 15.8 Å². The summed E-state index contributed by atoms with van der Waals surface area (Å²) in [6.07, 6.45) is 5.80. The summed E-state index contributed by atoms with van der Waals surface area (Å²) in [7, 11) is -1.78. The molecule has 4 N–H and O–H groups in total. The van der Waals surface area contributed by atoms with Crippen LogP contribution in [0.2, 0.25) is 0 Å². The van der Waals surface area contributed by atoms with Crippen LogP contribution >= 0.6 is 39.4 Å². The summed E-state index contributed by atoms with van der Waals surface area (Å²) in [6, 6.07) is 89.3. The molecule has 82 heavy (non-hydrogen) atoms. The molecule has 6 nitrogen and oxygen atoms in total. The predicted octanol–water partition coefficient (Wildman–Crippen LogP) is 16.6. The third kappa shape index (κ3) is 12.8. The topological polar surface area (TPSA) is 90.3 Å². The fourth-order valence-electron chi connectivity index (χ4n) is 10.8. The van der Waals surface area contributed by atoms with Crippen molar-refractivity contribution in [2.75, 3.05) is 34.5 Å². The first-order chi connectivity index (χ1) is 40.0. The molecule has 1 radical (unpaired) electrons. The molecule has 0 aliphatic heterocycles. The van der Waals surface area contributed by atoms with Gasteiger partial charge in [-0.05, 0) is 155 Å². The molecular formula is C71H60CuN4O2P2S2+2. The molecule has 2 heterocycles. The number of hydrogen-bond acceptors (Lipinski definition) is 8. The van der Waals surface area contributed by atoms with Gasteiger partial charge in [0.2, 0.25) is 0 Å². The summed E-state index contributed by atoms with van der Waals surface area (Å²) in [4.78, 5) is 10.8. The molecule has 2 aromatic heterocycles. The van der Waals surface area contributed by atoms with Crippen LogP contribution in [0.5, 0.6) is 11.5 Å². The van der Waals surface area contributed by atoms with Crippen LogP contribution in [0.25, 0.3) is 54.5 Å². The quantitative estimate of drug-likeness (QED) is 0.0169. The van der Waals surface area contributed by atoms with E-state index in [1.54, 1.807) is 12.4 Å². The Morgan fingerprint density at radius 2 is 0.805 bits per heavy atom. The van der Waals surface area contributed by atoms with Crippen LogP contribution in [-0.2, 0) is 23.6 Å². The maximum atomic E-state index is 12.4. The number of aromatic nitrogens is 2. The number of nitrogens with zero attached hydrogens (tertiary/aromatic N) is 2. The van der Waals surface area contributed by atoms with Gasteiger partial charge in [0.1, 0.15) is 11.5 Å². The monoisotopic (exact) mass is 1190 g/mol. The minimum atomic E-state index is -0.901. The second-order valence-corrected chi connectivity index (χ2v) is 27.4. The van der Waals surface area contributed by atoms with Crippen molar-refractivity contribution in [2.45, 2.75) is 16.3 Å². The Morgan fingerprint density at radius 1 is 0.390 bits per heavy atom. The fraction of sp³-hybridized carbons (Fsp3) is 0.0704. The van der Waals surface area contributed by atoms with Gasteiger partial charge in [0.15, 0.2) is 0 Å². The standard InChI is InChI=1S/C61H50N2O2P2S2.C10H8N2.Cu/c64-60-44(41-62-45-27-31-51(32-28-45)68-37-35-66(47-17-5-1-6-18-47)48-19-7-2-8-20-48)39-42-15-13-25-53-54-26-14-16-43-40-55(61(65)59(57(43)54)58(60)56(42)53)63-46-29-33-52(34-30-46)69-38-36-67(49-21-9-3-10-22-49)50-23-11-4-12-24-50;1-3-7-11-9(5-1)10-6-2-4-8-12-10;/h1-34,39-40,62-65H,35-38,41H2;1-8H;/p+2. The zero-order valence-electron chi connectivity index (χ0n) is 44.8. The van der Waals surface area contributed by atoms with Crippen LogP contribution in [0.15, 0.2) is 277 Å². The number of fused-ring (bicyclic) bond motifs is 2. The SMILES string of the molecule is Oc1c(CNc2ccc(SCC[PH+](c3ccccc3)c3ccccc3)cc2)cc2cccc3c4cccc5cc(Nc6ccc(SCC[PH+](c7ccccc7)c7ccccc7)cc6)c(O)c(c1c23)c54.[Cu].c1ccc(-c2ccccn2)nc1. The molecule has 11 aromatic carbocycles. The third-order valence-corrected chi connectivity index (χ3v) is 23.1. The Morgan fingerprint density at radius 3 is 1.24 bits per heavy atom. The van der Waals surface area contributed by atoms with E-state index in [-0.39, 0.29) is 28.6 Å². The zero-order chi connectivity index (χ0) is 54.7. The van der Waals surface area contributed by atoms with Crippen molar-refractivity contribution in [3.8, 4) is 22.9 Å². The first-order valence-electron chi connectivity index (χ1n) is 27.3. The van der Waals surface area contributed by atoms with Crippen LogP contribution < -0.4 is 31.9 Å². The zero-order valence-corrected chi connectivity index (χ0v) is 49.4. The average molecular weight is 1190 g/mol. The Hall–Kier alpha value is -7.70. The molecule has 13 aromatic rings. The van der Waals surface area contributed by atoms with E-state index in [1.807, 2.05) is 66.0 Å². The van der Waals surface area contributed by atoms with Gasteiger partial charge in [-0.2, -0.15) is 0 Å². The van der Waals surface area contributed by atoms with Crippen LogP contribution in [-0.4, -0.2) is 44.0 Å². The molecule has 0 aliphatic rings. The predicted molar refractivity (Wildman–Crippen MR) is 354 cm³/mol. The van der Waals surface area contributed by atoms with Crippen molar-refractivity contribution in [3.63, 3.8) is 0 Å². The number of pyridine rings is 2. The number of hydrogen-bond donors (Lipinski definition) is 4. The van der Waals surface area contributed by atoms with Crippen molar-refractivity contribution in [1.82, 2.24) is 9.97 Å². The van der Waals surface area contributed by atoms with Gasteiger partial charge in [0.25, 0.3) is 0 Å². The van der Waals surface area contributed by atoms with Crippen molar-refractivity contribution in [1.29, 1.82) is 0 Å². The molecule has 0 bridgehead atoms. The molecule has 0 spiro atoms. The number of phenolic OH excluding ortho intramolecular Hbond substituents is 2. The summed E-state index contributed by atoms with van der Waals surface area (Å²) >= 11 is 3.79. The number of thioether (sulfide) groups is 2. The molecule has 0 saturated carbocycles. The second-order valence-electron chi connectivity index (χ2n) is 19.8. The first kappa shape index (κ1) is 56.2. The minimum absolute atomic E-state index is 0. The number of phenols is 2. The third-order valence-electron chi connectivity index (χ3n) is 14.7. The number of rotatable bonds is 18. The van der Waals surface area contributed by atoms with Crippen molar-refractivity contribution in [3.05, 3.63) is 273 Å². The maximum absolute atomic E-state index is 12.4. The van der Waals surface area contributed by atoms with Crippen LogP contribution in [0, 0.1) is 0 Å². The van der Waals surface area contributed by atoms with Crippen LogP contribution in [0.1, 0.15) is 5.56 Å². The molecule has 407 valence electrons. The summed E-state index contributed by atoms with van der Waals surface area (Å²) in [6.45, 7) is 0.417. The van der Waals surface area contributed by atoms with E-state index in [4.69, 9.17) is 0 Å². The Bertz CT molecular complexity index is 4050. The number of anilines is 3. The van der Waals surface area contributed by atoms with Crippen LogP contribution in [0.3, 0.4) is 0 Å². The maximum Gasteiger partial charge on any atom is 0.147 e. The van der Waals surface area contributed by atoms with Crippen molar-refractivity contribution < 1.29 is 27.3 Å². The van der Waals surface area contributed by atoms with Gasteiger partial charge in [-0.3, -0.25) is 9.97 Å². The van der Waals surface area contributed by atoms with Gasteiger partial charge in [-0.1, -0.05) is 121 Å². The smallest absolute Gasteiger partial charge is 0.147 e. The molecule has 11 heteroatoms. The number of aromatic hydroxyl groups is 2. The first-order valence-corrected chi connectivity index (χ1v) is 32.7. The molecule has 13 rings (SSSR count). The van der Waals surface area contributed by atoms with E-state index in [2.05, 4.69) is 233 Å². The van der Waals surface area contributed by atoms with Gasteiger partial charge >= 0.3 is 0 Å². The van der Waals surface area contributed by atoms with E-state index in [9.17, 15) is 10.2 Å². The van der Waals surface area contributed by atoms with Crippen molar-refractivity contribution >= 4 is 121 Å². The van der Waals surface area contributed by atoms with Gasteiger partial charge < -0.3 is 20.8 Å². The number of nitrogens with one attached hydrogen (secondary N) is 2. The van der Waals surface area contributed by atoms with E-state index >= 15 is 0 Å². The molecule has 0 atom stereocenters. The fourth-order valence-corrected chi connectivity index (χ4v) is 18.6. The molecule has 0 aliphatic carbocycles. The molecule has 0 unspecified atom stereocenters. The average Bonchev–Trinajstić information content (AvgIpc) is 2.27. The number of benzene rings is 11. The van der Waals surface area contributed by atoms with E-state index in [0.29, 0.717) is 23.0 Å². The second kappa shape index (κ2) is 26.9. The molecular weight excluding hydrogens is 1130 g/mol. The van der Waals surface area contributed by atoms with E-state index in [0.717, 1.165) is 84.5 Å². The summed E-state index contributed by atoms with van der Waals surface area (Å²) in [5.74, 6) is 2.36. The minimum Gasteiger partial charge on any atom is -0.507 e. The van der Waals surface area contributed by atoms with Gasteiger partial charge in [-0.25, -0.2) is 0 Å². The normalized spacial score (nSPS) is 11.2. The molecule has 0 saturated heterocycles. The van der Waals surface area contributed by atoms with Gasteiger partial charge in [0, 0.05) is 95.8 Å². The Kier molecular flexibility index (Phi) is 18.4. The molecule has 0 fully saturated rings.